The zero-order valence-corrected chi connectivity index (χ0v) is 8.90. The molecule has 0 spiro atoms. The van der Waals surface area contributed by atoms with Crippen molar-refractivity contribution in [2.45, 2.75) is 6.92 Å². The average Bonchev–Trinajstić information content (AvgIpc) is 2.20. The van der Waals surface area contributed by atoms with Gasteiger partial charge in [-0.3, -0.25) is 0 Å². The molecule has 5 heteroatoms. The van der Waals surface area contributed by atoms with Gasteiger partial charge in [0.2, 0.25) is 5.69 Å². The van der Waals surface area contributed by atoms with Crippen LogP contribution >= 0.6 is 0 Å². The van der Waals surface area contributed by atoms with Gasteiger partial charge in [-0.25, -0.2) is 9.63 Å². The maximum atomic E-state index is 10.9. The number of aromatic carboxylic acids is 1. The first-order chi connectivity index (χ1) is 7.10. The molecule has 15 heavy (non-hydrogen) atoms. The Morgan fingerprint density at radius 2 is 2.07 bits per heavy atom. The molecule has 0 atom stereocenters. The molecule has 0 aromatic heterocycles. The molecule has 5 nitrogen and oxygen atoms in total. The lowest BCUT2D eigenvalue weighted by Gasteiger charge is -2.07. The van der Waals surface area contributed by atoms with Gasteiger partial charge in [-0.05, 0) is 18.6 Å². The number of carboxylic acid groups (broad SMARTS) is 1. The number of ether oxygens (including phenoxy) is 1. The number of carboxylic acids is 1. The van der Waals surface area contributed by atoms with Crippen LogP contribution in [0.4, 0.5) is 5.69 Å². The van der Waals surface area contributed by atoms with Crippen molar-refractivity contribution in [2.75, 3.05) is 14.2 Å². The Morgan fingerprint density at radius 1 is 1.40 bits per heavy atom. The first-order valence-electron chi connectivity index (χ1n) is 4.38. The summed E-state index contributed by atoms with van der Waals surface area (Å²) in [6, 6.07) is 3.20. The highest BCUT2D eigenvalue weighted by atomic mass is 16.6. The van der Waals surface area contributed by atoms with Gasteiger partial charge in [-0.1, -0.05) is 0 Å². The van der Waals surface area contributed by atoms with Crippen molar-refractivity contribution in [3.8, 4) is 5.75 Å². The van der Waals surface area contributed by atoms with Crippen LogP contribution in [0, 0.1) is 6.92 Å². The minimum absolute atomic E-state index is 0.249. The van der Waals surface area contributed by atoms with Crippen LogP contribution in [0.1, 0.15) is 15.9 Å². The number of rotatable bonds is 4. The molecule has 82 valence electrons. The molecule has 0 unspecified atom stereocenters. The summed E-state index contributed by atoms with van der Waals surface area (Å²) in [5.74, 6) is -0.361. The van der Waals surface area contributed by atoms with E-state index in [4.69, 9.17) is 14.7 Å². The normalized spacial score (nSPS) is 10.1. The fourth-order valence-electron chi connectivity index (χ4n) is 1.32. The molecular weight excluding hydrogens is 198 g/mol. The van der Waals surface area contributed by atoms with Gasteiger partial charge in [0.05, 0.1) is 19.8 Å². The minimum Gasteiger partial charge on any atom is -0.491 e. The summed E-state index contributed by atoms with van der Waals surface area (Å²) in [6.07, 6.45) is 0. The molecule has 0 bridgehead atoms. The molecule has 0 heterocycles. The standard InChI is InChI=1S/C10H13NO4/c1-6-4-9(14-2)8(11-15-3)5-7(6)10(12)13/h4-5,11H,1-3H3,(H,12,13)/p+1. The van der Waals surface area contributed by atoms with E-state index in [1.807, 2.05) is 0 Å². The van der Waals surface area contributed by atoms with Gasteiger partial charge >= 0.3 is 5.97 Å². The van der Waals surface area contributed by atoms with Gasteiger partial charge < -0.3 is 9.84 Å². The summed E-state index contributed by atoms with van der Waals surface area (Å²) in [5, 5.41) is 8.93. The van der Waals surface area contributed by atoms with Crippen molar-refractivity contribution < 1.29 is 25.0 Å². The van der Waals surface area contributed by atoms with Crippen molar-refractivity contribution in [1.82, 2.24) is 0 Å². The Labute approximate surface area is 87.6 Å². The van der Waals surface area contributed by atoms with Gasteiger partial charge in [0, 0.05) is 6.07 Å². The molecule has 1 aromatic carbocycles. The second-order valence-electron chi connectivity index (χ2n) is 3.07. The van der Waals surface area contributed by atoms with Crippen molar-refractivity contribution in [1.29, 1.82) is 0 Å². The van der Waals surface area contributed by atoms with Gasteiger partial charge in [0.1, 0.15) is 0 Å². The lowest BCUT2D eigenvalue weighted by atomic mass is 10.1. The number of carbonyl (C=O) groups is 1. The van der Waals surface area contributed by atoms with E-state index in [1.165, 1.54) is 25.8 Å². The highest BCUT2D eigenvalue weighted by Crippen LogP contribution is 2.24. The minimum atomic E-state index is -0.957. The van der Waals surface area contributed by atoms with Gasteiger partial charge in [0.15, 0.2) is 5.75 Å². The van der Waals surface area contributed by atoms with Crippen LogP contribution in [0.15, 0.2) is 12.1 Å². The number of aryl methyl sites for hydroxylation is 1. The van der Waals surface area contributed by atoms with E-state index in [1.54, 1.807) is 13.0 Å². The largest absolute Gasteiger partial charge is 0.491 e. The summed E-state index contributed by atoms with van der Waals surface area (Å²) in [4.78, 5) is 15.7. The number of benzene rings is 1. The fourth-order valence-corrected chi connectivity index (χ4v) is 1.32. The molecule has 0 aliphatic heterocycles. The highest BCUT2D eigenvalue weighted by molar-refractivity contribution is 5.90. The van der Waals surface area contributed by atoms with Crippen molar-refractivity contribution >= 4 is 11.7 Å². The third-order valence-corrected chi connectivity index (χ3v) is 2.05. The molecule has 1 rings (SSSR count). The second-order valence-corrected chi connectivity index (χ2v) is 3.07. The molecule has 3 N–H and O–H groups in total. The molecular formula is C10H14NO4+. The zero-order valence-electron chi connectivity index (χ0n) is 8.90. The number of methoxy groups -OCH3 is 1. The van der Waals surface area contributed by atoms with E-state index in [0.717, 1.165) is 0 Å². The molecule has 0 saturated carbocycles. The molecule has 0 saturated heterocycles. The molecule has 0 fully saturated rings. The van der Waals surface area contributed by atoms with E-state index in [0.29, 0.717) is 17.0 Å². The SMILES string of the molecule is CO[NH2+]c1cc(C(=O)O)c(C)cc1OC. The summed E-state index contributed by atoms with van der Waals surface area (Å²) >= 11 is 0. The van der Waals surface area contributed by atoms with E-state index < -0.39 is 5.97 Å². The summed E-state index contributed by atoms with van der Waals surface area (Å²) in [5.41, 5.74) is 2.97. The van der Waals surface area contributed by atoms with Gasteiger partial charge in [-0.15, -0.1) is 0 Å². The lowest BCUT2D eigenvalue weighted by molar-refractivity contribution is -0.830. The smallest absolute Gasteiger partial charge is 0.336 e. The van der Waals surface area contributed by atoms with E-state index in [9.17, 15) is 4.79 Å². The molecule has 0 amide bonds. The predicted octanol–water partition coefficient (Wildman–Crippen LogP) is 0.458. The maximum absolute atomic E-state index is 10.9. The van der Waals surface area contributed by atoms with Crippen LogP contribution in [0.25, 0.3) is 0 Å². The van der Waals surface area contributed by atoms with Crippen LogP contribution in [0.3, 0.4) is 0 Å². The third kappa shape index (κ3) is 2.45. The van der Waals surface area contributed by atoms with Gasteiger partial charge in [-0.2, -0.15) is 5.48 Å². The second kappa shape index (κ2) is 4.77. The third-order valence-electron chi connectivity index (χ3n) is 2.05. The van der Waals surface area contributed by atoms with Gasteiger partial charge in [0.25, 0.3) is 0 Å². The number of hydrogen-bond donors (Lipinski definition) is 2. The summed E-state index contributed by atoms with van der Waals surface area (Å²) in [6.45, 7) is 1.72. The van der Waals surface area contributed by atoms with Crippen LogP contribution < -0.4 is 10.2 Å². The zero-order chi connectivity index (χ0) is 11.4. The van der Waals surface area contributed by atoms with Crippen LogP contribution in [-0.2, 0) is 4.84 Å². The monoisotopic (exact) mass is 212 g/mol. The fraction of sp³-hybridized carbons (Fsp3) is 0.300. The van der Waals surface area contributed by atoms with E-state index in [-0.39, 0.29) is 5.56 Å². The summed E-state index contributed by atoms with van der Waals surface area (Å²) < 4.78 is 5.11. The highest BCUT2D eigenvalue weighted by Gasteiger charge is 2.15. The Morgan fingerprint density at radius 3 is 2.53 bits per heavy atom. The quantitative estimate of drug-likeness (QED) is 0.561. The molecule has 0 aliphatic carbocycles. The van der Waals surface area contributed by atoms with E-state index in [2.05, 4.69) is 0 Å². The van der Waals surface area contributed by atoms with Crippen LogP contribution in [0.2, 0.25) is 0 Å². The lowest BCUT2D eigenvalue weighted by Crippen LogP contribution is -2.76. The predicted molar refractivity (Wildman–Crippen MR) is 53.3 cm³/mol. The molecule has 0 aliphatic rings. The maximum Gasteiger partial charge on any atom is 0.336 e. The average molecular weight is 212 g/mol. The first-order valence-corrected chi connectivity index (χ1v) is 4.38. The van der Waals surface area contributed by atoms with E-state index >= 15 is 0 Å². The Balaban J connectivity index is 3.23. The van der Waals surface area contributed by atoms with Crippen LogP contribution in [-0.4, -0.2) is 25.3 Å². The number of quaternary nitrogens is 1. The van der Waals surface area contributed by atoms with Crippen molar-refractivity contribution in [2.24, 2.45) is 0 Å². The summed E-state index contributed by atoms with van der Waals surface area (Å²) in [7, 11) is 3.03. The first kappa shape index (κ1) is 11.5. The number of hydrogen-bond acceptors (Lipinski definition) is 3. The Hall–Kier alpha value is -1.59. The molecule has 0 radical (unpaired) electrons. The molecule has 1 aromatic rings. The number of nitrogens with two attached hydrogens (primary N) is 1. The van der Waals surface area contributed by atoms with Crippen molar-refractivity contribution in [3.63, 3.8) is 0 Å². The van der Waals surface area contributed by atoms with Crippen molar-refractivity contribution in [3.05, 3.63) is 23.3 Å². The Kier molecular flexibility index (Phi) is 3.65. The van der Waals surface area contributed by atoms with Crippen LogP contribution in [0.5, 0.6) is 5.75 Å². The Bertz CT molecular complexity index is 376. The topological polar surface area (TPSA) is 72.4 Å².